The Balaban J connectivity index is 1.40. The Labute approximate surface area is 164 Å². The van der Waals surface area contributed by atoms with Crippen LogP contribution in [-0.4, -0.2) is 30.8 Å². The van der Waals surface area contributed by atoms with Gasteiger partial charge in [-0.3, -0.25) is 14.4 Å². The summed E-state index contributed by atoms with van der Waals surface area (Å²) in [5.74, 6) is 0.0746. The highest BCUT2D eigenvalue weighted by Crippen LogP contribution is 2.24. The van der Waals surface area contributed by atoms with E-state index in [-0.39, 0.29) is 17.7 Å². The van der Waals surface area contributed by atoms with Gasteiger partial charge in [0, 0.05) is 48.6 Å². The maximum atomic E-state index is 12.5. The van der Waals surface area contributed by atoms with Crippen molar-refractivity contribution in [2.45, 2.75) is 32.1 Å². The molecule has 2 aromatic carbocycles. The molecule has 3 amide bonds. The van der Waals surface area contributed by atoms with Crippen LogP contribution in [0.1, 0.15) is 42.5 Å². The molecule has 28 heavy (non-hydrogen) atoms. The van der Waals surface area contributed by atoms with Crippen molar-refractivity contribution >= 4 is 34.8 Å². The summed E-state index contributed by atoms with van der Waals surface area (Å²) in [6.07, 6.45) is 4.02. The van der Waals surface area contributed by atoms with Crippen LogP contribution in [0.3, 0.4) is 0 Å². The number of amides is 3. The molecule has 6 heteroatoms. The molecule has 0 aliphatic carbocycles. The molecule has 1 N–H and O–H groups in total. The zero-order valence-electron chi connectivity index (χ0n) is 15.7. The van der Waals surface area contributed by atoms with Crippen molar-refractivity contribution in [3.8, 4) is 0 Å². The number of benzene rings is 2. The van der Waals surface area contributed by atoms with E-state index in [1.807, 2.05) is 24.3 Å². The lowest BCUT2D eigenvalue weighted by atomic mass is 10.1. The van der Waals surface area contributed by atoms with Crippen LogP contribution in [0.15, 0.2) is 48.5 Å². The number of carbonyl (C=O) groups excluding carboxylic acids is 3. The summed E-state index contributed by atoms with van der Waals surface area (Å²) in [4.78, 5) is 39.9. The maximum Gasteiger partial charge on any atom is 0.255 e. The lowest BCUT2D eigenvalue weighted by Crippen LogP contribution is -2.35. The molecule has 4 rings (SSSR count). The van der Waals surface area contributed by atoms with Crippen molar-refractivity contribution in [1.82, 2.24) is 0 Å². The third-order valence-electron chi connectivity index (χ3n) is 5.27. The van der Waals surface area contributed by atoms with E-state index in [0.29, 0.717) is 24.1 Å². The van der Waals surface area contributed by atoms with Gasteiger partial charge in [0.05, 0.1) is 0 Å². The topological polar surface area (TPSA) is 69.7 Å². The van der Waals surface area contributed by atoms with Gasteiger partial charge in [0.15, 0.2) is 0 Å². The number of nitrogens with zero attached hydrogens (tertiary/aromatic N) is 2. The van der Waals surface area contributed by atoms with Crippen LogP contribution in [-0.2, 0) is 9.59 Å². The number of hydrogen-bond donors (Lipinski definition) is 1. The molecule has 0 saturated carbocycles. The maximum absolute atomic E-state index is 12.5. The van der Waals surface area contributed by atoms with E-state index in [9.17, 15) is 14.4 Å². The zero-order valence-corrected chi connectivity index (χ0v) is 15.7. The molecule has 2 aliphatic heterocycles. The van der Waals surface area contributed by atoms with E-state index in [2.05, 4.69) is 5.32 Å². The van der Waals surface area contributed by atoms with Crippen LogP contribution >= 0.6 is 0 Å². The number of hydrogen-bond acceptors (Lipinski definition) is 3. The molecule has 2 fully saturated rings. The average molecular weight is 377 g/mol. The molecule has 2 saturated heterocycles. The van der Waals surface area contributed by atoms with Crippen molar-refractivity contribution in [3.63, 3.8) is 0 Å². The standard InChI is InChI=1S/C22H23N3O3/c26-20-4-1-2-14-24(20)18-10-6-16(7-11-18)22(28)23-17-8-12-19(13-9-17)25-15-3-5-21(25)27/h6-13H,1-5,14-15H2,(H,23,28). The predicted molar refractivity (Wildman–Crippen MR) is 109 cm³/mol. The van der Waals surface area contributed by atoms with Crippen LogP contribution in [0.25, 0.3) is 0 Å². The molecule has 0 atom stereocenters. The summed E-state index contributed by atoms with van der Waals surface area (Å²) in [7, 11) is 0. The third kappa shape index (κ3) is 3.76. The first-order valence-corrected chi connectivity index (χ1v) is 9.74. The molecule has 2 heterocycles. The fourth-order valence-corrected chi connectivity index (χ4v) is 3.72. The van der Waals surface area contributed by atoms with Gasteiger partial charge < -0.3 is 15.1 Å². The van der Waals surface area contributed by atoms with Crippen molar-refractivity contribution in [1.29, 1.82) is 0 Å². The Kier molecular flexibility index (Phi) is 5.10. The SMILES string of the molecule is O=C(Nc1ccc(N2CCCC2=O)cc1)c1ccc(N2CCCCC2=O)cc1. The summed E-state index contributed by atoms with van der Waals surface area (Å²) in [6.45, 7) is 1.48. The molecule has 0 radical (unpaired) electrons. The minimum Gasteiger partial charge on any atom is -0.322 e. The van der Waals surface area contributed by atoms with Crippen LogP contribution in [0.4, 0.5) is 17.1 Å². The molecule has 0 bridgehead atoms. The van der Waals surface area contributed by atoms with Crippen LogP contribution in [0, 0.1) is 0 Å². The predicted octanol–water partition coefficient (Wildman–Crippen LogP) is 3.58. The van der Waals surface area contributed by atoms with Crippen LogP contribution in [0.2, 0.25) is 0 Å². The first-order chi connectivity index (χ1) is 13.6. The second kappa shape index (κ2) is 7.84. The van der Waals surface area contributed by atoms with Gasteiger partial charge >= 0.3 is 0 Å². The van der Waals surface area contributed by atoms with Crippen LogP contribution < -0.4 is 15.1 Å². The molecule has 2 aromatic rings. The largest absolute Gasteiger partial charge is 0.322 e. The summed E-state index contributed by atoms with van der Waals surface area (Å²) in [5.41, 5.74) is 2.90. The quantitative estimate of drug-likeness (QED) is 0.885. The smallest absolute Gasteiger partial charge is 0.255 e. The molecule has 0 spiro atoms. The number of nitrogens with one attached hydrogen (secondary N) is 1. The Morgan fingerprint density at radius 2 is 1.25 bits per heavy atom. The Morgan fingerprint density at radius 1 is 0.714 bits per heavy atom. The van der Waals surface area contributed by atoms with Gasteiger partial charge in [-0.25, -0.2) is 0 Å². The normalized spacial score (nSPS) is 17.1. The lowest BCUT2D eigenvalue weighted by Gasteiger charge is -2.26. The summed E-state index contributed by atoms with van der Waals surface area (Å²) in [6, 6.07) is 14.4. The van der Waals surface area contributed by atoms with Gasteiger partial charge in [-0.1, -0.05) is 0 Å². The van der Waals surface area contributed by atoms with Gasteiger partial charge in [-0.05, 0) is 67.8 Å². The fraction of sp³-hybridized carbons (Fsp3) is 0.318. The number of rotatable bonds is 4. The van der Waals surface area contributed by atoms with Crippen molar-refractivity contribution < 1.29 is 14.4 Å². The van der Waals surface area contributed by atoms with Gasteiger partial charge in [0.1, 0.15) is 0 Å². The molecule has 144 valence electrons. The first-order valence-electron chi connectivity index (χ1n) is 9.74. The minimum absolute atomic E-state index is 0.139. The van der Waals surface area contributed by atoms with Crippen molar-refractivity contribution in [3.05, 3.63) is 54.1 Å². The van der Waals surface area contributed by atoms with Crippen molar-refractivity contribution in [2.75, 3.05) is 28.2 Å². The Hall–Kier alpha value is -3.15. The second-order valence-corrected chi connectivity index (χ2v) is 7.20. The number of anilines is 3. The van der Waals surface area contributed by atoms with Gasteiger partial charge in [0.25, 0.3) is 5.91 Å². The van der Waals surface area contributed by atoms with Gasteiger partial charge in [-0.15, -0.1) is 0 Å². The molecular formula is C22H23N3O3. The van der Waals surface area contributed by atoms with E-state index >= 15 is 0 Å². The molecule has 6 nitrogen and oxygen atoms in total. The van der Waals surface area contributed by atoms with Crippen LogP contribution in [0.5, 0.6) is 0 Å². The summed E-state index contributed by atoms with van der Waals surface area (Å²) in [5, 5.41) is 2.87. The highest BCUT2D eigenvalue weighted by Gasteiger charge is 2.22. The van der Waals surface area contributed by atoms with E-state index in [1.165, 1.54) is 0 Å². The third-order valence-corrected chi connectivity index (χ3v) is 5.27. The molecular weight excluding hydrogens is 354 g/mol. The second-order valence-electron chi connectivity index (χ2n) is 7.20. The molecule has 0 aromatic heterocycles. The van der Waals surface area contributed by atoms with Gasteiger partial charge in [0.2, 0.25) is 11.8 Å². The first kappa shape index (κ1) is 18.2. The average Bonchev–Trinajstić information content (AvgIpc) is 3.15. The molecule has 2 aliphatic rings. The summed E-state index contributed by atoms with van der Waals surface area (Å²) < 4.78 is 0. The highest BCUT2D eigenvalue weighted by molar-refractivity contribution is 6.05. The fourth-order valence-electron chi connectivity index (χ4n) is 3.72. The Morgan fingerprint density at radius 3 is 1.82 bits per heavy atom. The number of piperidine rings is 1. The van der Waals surface area contributed by atoms with E-state index < -0.39 is 0 Å². The monoisotopic (exact) mass is 377 g/mol. The van der Waals surface area contributed by atoms with E-state index in [0.717, 1.165) is 43.7 Å². The Bertz CT molecular complexity index is 890. The lowest BCUT2D eigenvalue weighted by molar-refractivity contribution is -0.119. The minimum atomic E-state index is -0.207. The molecule has 0 unspecified atom stereocenters. The zero-order chi connectivity index (χ0) is 19.5. The van der Waals surface area contributed by atoms with E-state index in [1.54, 1.807) is 34.1 Å². The van der Waals surface area contributed by atoms with Gasteiger partial charge in [-0.2, -0.15) is 0 Å². The summed E-state index contributed by atoms with van der Waals surface area (Å²) >= 11 is 0. The van der Waals surface area contributed by atoms with Crippen molar-refractivity contribution in [2.24, 2.45) is 0 Å². The highest BCUT2D eigenvalue weighted by atomic mass is 16.2. The number of carbonyl (C=O) groups is 3. The van der Waals surface area contributed by atoms with E-state index in [4.69, 9.17) is 0 Å².